The summed E-state index contributed by atoms with van der Waals surface area (Å²) in [5, 5.41) is 3.53. The fourth-order valence-electron chi connectivity index (χ4n) is 3.61. The fraction of sp³-hybridized carbons (Fsp3) is 0.769. The van der Waals surface area contributed by atoms with Gasteiger partial charge in [-0.1, -0.05) is 0 Å². The average Bonchev–Trinajstić information content (AvgIpc) is 3.11. The largest absolute Gasteiger partial charge is 0.384 e. The average molecular weight is 314 g/mol. The molecule has 2 fully saturated rings. The first-order chi connectivity index (χ1) is 10.1. The van der Waals surface area contributed by atoms with Crippen molar-refractivity contribution in [3.05, 3.63) is 12.5 Å². The smallest absolute Gasteiger partial charge is 0.260 e. The van der Waals surface area contributed by atoms with Gasteiger partial charge in [0.05, 0.1) is 19.1 Å². The van der Waals surface area contributed by atoms with E-state index in [2.05, 4.69) is 15.3 Å². The Morgan fingerprint density at radius 2 is 2.24 bits per heavy atom. The van der Waals surface area contributed by atoms with Gasteiger partial charge in [-0.3, -0.25) is 0 Å². The van der Waals surface area contributed by atoms with Crippen LogP contribution in [0.25, 0.3) is 0 Å². The molecule has 7 nitrogen and oxygen atoms in total. The third kappa shape index (κ3) is 2.61. The summed E-state index contributed by atoms with van der Waals surface area (Å²) in [6, 6.07) is 0. The van der Waals surface area contributed by atoms with Crippen LogP contribution in [-0.2, 0) is 14.8 Å². The predicted molar refractivity (Wildman–Crippen MR) is 77.2 cm³/mol. The van der Waals surface area contributed by atoms with Crippen molar-refractivity contribution in [3.63, 3.8) is 0 Å². The second kappa shape index (κ2) is 5.68. The minimum Gasteiger partial charge on any atom is -0.384 e. The number of methoxy groups -OCH3 is 1. The van der Waals surface area contributed by atoms with Crippen molar-refractivity contribution in [2.75, 3.05) is 39.9 Å². The molecule has 8 heteroatoms. The quantitative estimate of drug-likeness (QED) is 0.820. The summed E-state index contributed by atoms with van der Waals surface area (Å²) < 4.78 is 32.3. The fourth-order valence-corrected chi connectivity index (χ4v) is 5.09. The maximum Gasteiger partial charge on any atom is 0.260 e. The zero-order valence-corrected chi connectivity index (χ0v) is 13.0. The molecule has 1 atom stereocenters. The predicted octanol–water partition coefficient (Wildman–Crippen LogP) is 0.0464. The van der Waals surface area contributed by atoms with Crippen molar-refractivity contribution in [1.29, 1.82) is 0 Å². The molecule has 0 aromatic carbocycles. The number of rotatable bonds is 4. The van der Waals surface area contributed by atoms with E-state index in [1.165, 1.54) is 12.5 Å². The number of aromatic nitrogens is 2. The molecule has 0 aliphatic carbocycles. The Morgan fingerprint density at radius 1 is 1.48 bits per heavy atom. The van der Waals surface area contributed by atoms with Gasteiger partial charge in [0, 0.05) is 26.1 Å². The summed E-state index contributed by atoms with van der Waals surface area (Å²) in [6.45, 7) is 3.59. The van der Waals surface area contributed by atoms with Gasteiger partial charge in [-0.15, -0.1) is 0 Å². The molecular weight excluding hydrogens is 292 g/mol. The molecule has 2 aliphatic heterocycles. The van der Waals surface area contributed by atoms with E-state index in [4.69, 9.17) is 4.74 Å². The molecule has 2 saturated heterocycles. The third-order valence-electron chi connectivity index (χ3n) is 4.84. The van der Waals surface area contributed by atoms with Crippen LogP contribution >= 0.6 is 0 Å². The van der Waals surface area contributed by atoms with E-state index in [-0.39, 0.29) is 16.4 Å². The van der Waals surface area contributed by atoms with Gasteiger partial charge in [0.2, 0.25) is 0 Å². The molecule has 2 aliphatic rings. The van der Waals surface area contributed by atoms with E-state index in [1.54, 1.807) is 11.4 Å². The number of nitrogens with one attached hydrogen (secondary N) is 2. The van der Waals surface area contributed by atoms with Gasteiger partial charge in [0.15, 0.2) is 5.03 Å². The number of piperidine rings is 1. The molecule has 1 unspecified atom stereocenters. The molecule has 0 saturated carbocycles. The number of H-pyrrole nitrogens is 1. The summed E-state index contributed by atoms with van der Waals surface area (Å²) in [4.78, 5) is 6.53. The van der Waals surface area contributed by atoms with Gasteiger partial charge in [-0.05, 0) is 31.3 Å². The molecule has 21 heavy (non-hydrogen) atoms. The third-order valence-corrected chi connectivity index (χ3v) is 6.58. The number of aromatic amines is 1. The van der Waals surface area contributed by atoms with Gasteiger partial charge in [-0.25, -0.2) is 13.4 Å². The summed E-state index contributed by atoms with van der Waals surface area (Å²) in [7, 11) is -1.80. The van der Waals surface area contributed by atoms with Crippen molar-refractivity contribution in [2.45, 2.75) is 17.9 Å². The molecule has 1 aromatic rings. The van der Waals surface area contributed by atoms with Crippen LogP contribution in [-0.4, -0.2) is 62.6 Å². The Hall–Kier alpha value is -0.960. The van der Waals surface area contributed by atoms with E-state index >= 15 is 0 Å². The summed E-state index contributed by atoms with van der Waals surface area (Å²) >= 11 is 0. The van der Waals surface area contributed by atoms with Crippen LogP contribution in [0, 0.1) is 11.3 Å². The number of ether oxygens (including phenoxy) is 1. The Kier molecular flexibility index (Phi) is 4.04. The zero-order valence-electron chi connectivity index (χ0n) is 12.2. The van der Waals surface area contributed by atoms with Crippen molar-refractivity contribution in [1.82, 2.24) is 19.6 Å². The van der Waals surface area contributed by atoms with E-state index in [9.17, 15) is 8.42 Å². The van der Waals surface area contributed by atoms with E-state index < -0.39 is 10.0 Å². The molecule has 118 valence electrons. The highest BCUT2D eigenvalue weighted by atomic mass is 32.2. The van der Waals surface area contributed by atoms with Crippen LogP contribution in [0.5, 0.6) is 0 Å². The van der Waals surface area contributed by atoms with Crippen LogP contribution in [0.1, 0.15) is 12.8 Å². The van der Waals surface area contributed by atoms with Gasteiger partial charge in [0.1, 0.15) is 0 Å². The second-order valence-electron chi connectivity index (χ2n) is 5.98. The lowest BCUT2D eigenvalue weighted by Gasteiger charge is -2.38. The lowest BCUT2D eigenvalue weighted by atomic mass is 9.71. The lowest BCUT2D eigenvalue weighted by molar-refractivity contribution is 0.0718. The van der Waals surface area contributed by atoms with Crippen LogP contribution < -0.4 is 5.32 Å². The summed E-state index contributed by atoms with van der Waals surface area (Å²) in [5.74, 6) is 0.252. The molecule has 0 bridgehead atoms. The van der Waals surface area contributed by atoms with Gasteiger partial charge in [0.25, 0.3) is 10.0 Å². The zero-order chi connectivity index (χ0) is 14.9. The van der Waals surface area contributed by atoms with Crippen molar-refractivity contribution >= 4 is 10.0 Å². The van der Waals surface area contributed by atoms with Crippen molar-refractivity contribution < 1.29 is 13.2 Å². The SMILES string of the molecule is COCC1CN(S(=O)(=O)c2cnc[nH]2)CC12CCNCC2. The van der Waals surface area contributed by atoms with Crippen LogP contribution in [0.4, 0.5) is 0 Å². The second-order valence-corrected chi connectivity index (χ2v) is 7.88. The molecule has 3 rings (SSSR count). The first-order valence-electron chi connectivity index (χ1n) is 7.27. The monoisotopic (exact) mass is 314 g/mol. The summed E-state index contributed by atoms with van der Waals surface area (Å²) in [5.41, 5.74) is 0.0361. The van der Waals surface area contributed by atoms with E-state index in [1.807, 2.05) is 0 Å². The van der Waals surface area contributed by atoms with Gasteiger partial charge >= 0.3 is 0 Å². The molecule has 1 aromatic heterocycles. The first-order valence-corrected chi connectivity index (χ1v) is 8.71. The first kappa shape index (κ1) is 15.0. The topological polar surface area (TPSA) is 87.3 Å². The molecule has 0 amide bonds. The van der Waals surface area contributed by atoms with E-state index in [0.717, 1.165) is 25.9 Å². The normalized spacial score (nSPS) is 26.4. The number of hydrogen-bond acceptors (Lipinski definition) is 5. The highest BCUT2D eigenvalue weighted by Gasteiger charge is 2.50. The van der Waals surface area contributed by atoms with Gasteiger partial charge < -0.3 is 15.0 Å². The molecule has 3 heterocycles. The highest BCUT2D eigenvalue weighted by Crippen LogP contribution is 2.44. The Balaban J connectivity index is 1.86. The van der Waals surface area contributed by atoms with Gasteiger partial charge in [-0.2, -0.15) is 4.31 Å². The van der Waals surface area contributed by atoms with Crippen LogP contribution in [0.15, 0.2) is 17.6 Å². The summed E-state index contributed by atoms with van der Waals surface area (Å²) in [6.07, 6.45) is 4.76. The molecular formula is C13H22N4O3S. The lowest BCUT2D eigenvalue weighted by Crippen LogP contribution is -2.43. The van der Waals surface area contributed by atoms with Crippen LogP contribution in [0.2, 0.25) is 0 Å². The minimum atomic E-state index is -3.48. The van der Waals surface area contributed by atoms with Crippen LogP contribution in [0.3, 0.4) is 0 Å². The van der Waals surface area contributed by atoms with Crippen molar-refractivity contribution in [3.8, 4) is 0 Å². The Morgan fingerprint density at radius 3 is 2.86 bits per heavy atom. The Labute approximate surface area is 125 Å². The Bertz CT molecular complexity index is 566. The molecule has 2 N–H and O–H groups in total. The molecule has 0 radical (unpaired) electrons. The minimum absolute atomic E-state index is 0.0361. The maximum absolute atomic E-state index is 12.7. The highest BCUT2D eigenvalue weighted by molar-refractivity contribution is 7.89. The number of nitrogens with zero attached hydrogens (tertiary/aromatic N) is 2. The van der Waals surface area contributed by atoms with E-state index in [0.29, 0.717) is 19.7 Å². The standard InChI is InChI=1S/C13H22N4O3S/c1-20-8-11-7-17(9-13(11)2-4-14-5-3-13)21(18,19)12-6-15-10-16-12/h6,10-11,14H,2-5,7-9H2,1H3,(H,15,16). The molecule has 1 spiro atoms. The van der Waals surface area contributed by atoms with Crippen molar-refractivity contribution in [2.24, 2.45) is 11.3 Å². The number of imidazole rings is 1. The number of hydrogen-bond donors (Lipinski definition) is 2. The number of sulfonamides is 1. The maximum atomic E-state index is 12.7.